The summed E-state index contributed by atoms with van der Waals surface area (Å²) in [5.41, 5.74) is 8.13. The van der Waals surface area contributed by atoms with Crippen LogP contribution in [-0.4, -0.2) is 24.0 Å². The molecule has 19 heavy (non-hydrogen) atoms. The van der Waals surface area contributed by atoms with Crippen LogP contribution in [0.4, 0.5) is 0 Å². The quantitative estimate of drug-likeness (QED) is 0.905. The lowest BCUT2D eigenvalue weighted by molar-refractivity contribution is 0.114. The molecular weight excluding hydrogens is 234 g/mol. The first kappa shape index (κ1) is 14.0. The first-order valence-electron chi connectivity index (χ1n) is 7.15. The highest BCUT2D eigenvalue weighted by molar-refractivity contribution is 5.34. The molecule has 3 unspecified atom stereocenters. The van der Waals surface area contributed by atoms with Crippen molar-refractivity contribution in [2.45, 2.75) is 38.8 Å². The molecule has 3 nitrogen and oxygen atoms in total. The molecule has 102 valence electrons. The van der Waals surface area contributed by atoms with Crippen LogP contribution in [0.1, 0.15) is 43.9 Å². The van der Waals surface area contributed by atoms with Crippen LogP contribution in [0.3, 0.4) is 0 Å². The van der Waals surface area contributed by atoms with Crippen LogP contribution < -0.4 is 5.73 Å². The van der Waals surface area contributed by atoms with Crippen molar-refractivity contribution >= 4 is 0 Å². The van der Waals surface area contributed by atoms with Gasteiger partial charge in [0.25, 0.3) is 0 Å². The first-order chi connectivity index (χ1) is 9.15. The van der Waals surface area contributed by atoms with Gasteiger partial charge in [0.05, 0.1) is 11.6 Å². The maximum Gasteiger partial charge on any atom is 0.0991 e. The molecule has 0 amide bonds. The van der Waals surface area contributed by atoms with Gasteiger partial charge in [0, 0.05) is 25.2 Å². The number of hydrogen-bond acceptors (Lipinski definition) is 3. The van der Waals surface area contributed by atoms with Crippen molar-refractivity contribution in [3.63, 3.8) is 0 Å². The standard InChI is InChI=1S/C16H23N3/c1-3-14-11-19(8-7-16(14)18)12(2)15-6-4-5-13(9-15)10-17/h4-6,9,12,14,16H,3,7-8,11,18H2,1-2H3. The van der Waals surface area contributed by atoms with Gasteiger partial charge in [-0.05, 0) is 37.0 Å². The van der Waals surface area contributed by atoms with Gasteiger partial charge < -0.3 is 5.73 Å². The number of rotatable bonds is 3. The van der Waals surface area contributed by atoms with Crippen molar-refractivity contribution < 1.29 is 0 Å². The highest BCUT2D eigenvalue weighted by Gasteiger charge is 2.28. The van der Waals surface area contributed by atoms with Gasteiger partial charge in [0.15, 0.2) is 0 Å². The molecule has 1 heterocycles. The Balaban J connectivity index is 2.11. The lowest BCUT2D eigenvalue weighted by Gasteiger charge is -2.40. The van der Waals surface area contributed by atoms with Crippen molar-refractivity contribution in [3.8, 4) is 6.07 Å². The summed E-state index contributed by atoms with van der Waals surface area (Å²) in [5.74, 6) is 0.593. The van der Waals surface area contributed by atoms with Gasteiger partial charge in [-0.1, -0.05) is 25.5 Å². The first-order valence-corrected chi connectivity index (χ1v) is 7.15. The molecule has 3 heteroatoms. The summed E-state index contributed by atoms with van der Waals surface area (Å²) in [6.07, 6.45) is 2.21. The Morgan fingerprint density at radius 1 is 1.53 bits per heavy atom. The van der Waals surface area contributed by atoms with Crippen molar-refractivity contribution in [2.75, 3.05) is 13.1 Å². The Morgan fingerprint density at radius 2 is 2.32 bits per heavy atom. The molecule has 0 radical (unpaired) electrons. The number of piperidine rings is 1. The minimum Gasteiger partial charge on any atom is -0.327 e. The second-order valence-corrected chi connectivity index (χ2v) is 5.53. The van der Waals surface area contributed by atoms with Crippen molar-refractivity contribution in [1.82, 2.24) is 4.90 Å². The van der Waals surface area contributed by atoms with E-state index in [2.05, 4.69) is 30.9 Å². The highest BCUT2D eigenvalue weighted by Crippen LogP contribution is 2.27. The van der Waals surface area contributed by atoms with Crippen LogP contribution in [0.25, 0.3) is 0 Å². The van der Waals surface area contributed by atoms with Crippen molar-refractivity contribution in [1.29, 1.82) is 5.26 Å². The van der Waals surface area contributed by atoms with Crippen molar-refractivity contribution in [3.05, 3.63) is 35.4 Å². The third-order valence-electron chi connectivity index (χ3n) is 4.39. The maximum absolute atomic E-state index is 8.99. The Morgan fingerprint density at radius 3 is 3.00 bits per heavy atom. The fourth-order valence-electron chi connectivity index (χ4n) is 2.94. The van der Waals surface area contributed by atoms with Crippen LogP contribution in [0.15, 0.2) is 24.3 Å². The lowest BCUT2D eigenvalue weighted by atomic mass is 9.89. The van der Waals surface area contributed by atoms with Gasteiger partial charge in [-0.15, -0.1) is 0 Å². The molecule has 0 saturated carbocycles. The molecule has 3 atom stereocenters. The van der Waals surface area contributed by atoms with Crippen LogP contribution in [-0.2, 0) is 0 Å². The van der Waals surface area contributed by atoms with E-state index in [4.69, 9.17) is 11.0 Å². The molecule has 0 aliphatic carbocycles. The summed E-state index contributed by atoms with van der Waals surface area (Å²) in [6.45, 7) is 6.56. The van der Waals surface area contributed by atoms with E-state index in [0.29, 0.717) is 18.0 Å². The van der Waals surface area contributed by atoms with E-state index in [9.17, 15) is 0 Å². The van der Waals surface area contributed by atoms with Crippen LogP contribution in [0, 0.1) is 17.2 Å². The van der Waals surface area contributed by atoms with Crippen LogP contribution in [0.5, 0.6) is 0 Å². The van der Waals surface area contributed by atoms with Gasteiger partial charge in [-0.3, -0.25) is 4.90 Å². The smallest absolute Gasteiger partial charge is 0.0991 e. The fourth-order valence-corrected chi connectivity index (χ4v) is 2.94. The third kappa shape index (κ3) is 3.15. The molecule has 0 spiro atoms. The number of hydrogen-bond donors (Lipinski definition) is 1. The summed E-state index contributed by atoms with van der Waals surface area (Å²) in [5, 5.41) is 8.99. The van der Waals surface area contributed by atoms with E-state index in [1.165, 1.54) is 5.56 Å². The van der Waals surface area contributed by atoms with Gasteiger partial charge in [-0.25, -0.2) is 0 Å². The largest absolute Gasteiger partial charge is 0.327 e. The molecule has 1 aromatic carbocycles. The van der Waals surface area contributed by atoms with E-state index in [0.717, 1.165) is 31.5 Å². The molecule has 2 N–H and O–H groups in total. The number of nitrogens with zero attached hydrogens (tertiary/aromatic N) is 2. The Kier molecular flexibility index (Phi) is 4.57. The third-order valence-corrected chi connectivity index (χ3v) is 4.39. The molecule has 1 saturated heterocycles. The highest BCUT2D eigenvalue weighted by atomic mass is 15.2. The minimum atomic E-state index is 0.346. The average Bonchev–Trinajstić information content (AvgIpc) is 2.47. The van der Waals surface area contributed by atoms with E-state index < -0.39 is 0 Å². The molecule has 0 bridgehead atoms. The Bertz CT molecular complexity index is 463. The van der Waals surface area contributed by atoms with Gasteiger partial charge in [0.1, 0.15) is 0 Å². The van der Waals surface area contributed by atoms with Crippen molar-refractivity contribution in [2.24, 2.45) is 11.7 Å². The molecule has 2 rings (SSSR count). The van der Waals surface area contributed by atoms with Gasteiger partial charge in [0.2, 0.25) is 0 Å². The summed E-state index contributed by atoms with van der Waals surface area (Å²) >= 11 is 0. The molecule has 1 fully saturated rings. The minimum absolute atomic E-state index is 0.346. The molecule has 1 aliphatic rings. The summed E-state index contributed by atoms with van der Waals surface area (Å²) in [6, 6.07) is 10.9. The number of benzene rings is 1. The van der Waals surface area contributed by atoms with E-state index >= 15 is 0 Å². The normalized spacial score (nSPS) is 25.8. The second kappa shape index (κ2) is 6.18. The van der Waals surface area contributed by atoms with E-state index in [1.807, 2.05) is 18.2 Å². The van der Waals surface area contributed by atoms with E-state index in [-0.39, 0.29) is 0 Å². The summed E-state index contributed by atoms with van der Waals surface area (Å²) in [7, 11) is 0. The Labute approximate surface area is 116 Å². The zero-order valence-corrected chi connectivity index (χ0v) is 11.8. The SMILES string of the molecule is CCC1CN(C(C)c2cccc(C#N)c2)CCC1N. The zero-order valence-electron chi connectivity index (χ0n) is 11.8. The Hall–Kier alpha value is -1.37. The van der Waals surface area contributed by atoms with Crippen LogP contribution in [0.2, 0.25) is 0 Å². The lowest BCUT2D eigenvalue weighted by Crippen LogP contribution is -2.47. The predicted octanol–water partition coefficient (Wildman–Crippen LogP) is 2.68. The summed E-state index contributed by atoms with van der Waals surface area (Å²) in [4.78, 5) is 2.49. The number of likely N-dealkylation sites (tertiary alicyclic amines) is 1. The number of nitrogens with two attached hydrogens (primary N) is 1. The van der Waals surface area contributed by atoms with E-state index in [1.54, 1.807) is 0 Å². The molecule has 1 aromatic rings. The number of nitriles is 1. The topological polar surface area (TPSA) is 53.0 Å². The van der Waals surface area contributed by atoms with Gasteiger partial charge in [-0.2, -0.15) is 5.26 Å². The average molecular weight is 257 g/mol. The molecule has 0 aromatic heterocycles. The monoisotopic (exact) mass is 257 g/mol. The second-order valence-electron chi connectivity index (χ2n) is 5.53. The van der Waals surface area contributed by atoms with Gasteiger partial charge >= 0.3 is 0 Å². The maximum atomic E-state index is 8.99. The predicted molar refractivity (Wildman–Crippen MR) is 77.5 cm³/mol. The van der Waals surface area contributed by atoms with Crippen LogP contribution >= 0.6 is 0 Å². The molecule has 1 aliphatic heterocycles. The molecular formula is C16H23N3. The summed E-state index contributed by atoms with van der Waals surface area (Å²) < 4.78 is 0. The zero-order chi connectivity index (χ0) is 13.8. The fraction of sp³-hybridized carbons (Fsp3) is 0.562.